The summed E-state index contributed by atoms with van der Waals surface area (Å²) in [5.74, 6) is -6.86. The third-order valence-electron chi connectivity index (χ3n) is 10.9. The van der Waals surface area contributed by atoms with Crippen LogP contribution >= 0.6 is 11.8 Å². The Labute approximate surface area is 451 Å². The fourth-order valence-electron chi connectivity index (χ4n) is 6.65. The normalized spacial score (nSPS) is 12.5. The molecule has 436 valence electrons. The number of carbonyl (C=O) groups is 10. The summed E-state index contributed by atoms with van der Waals surface area (Å²) in [5, 5.41) is 63.8. The van der Waals surface area contributed by atoms with Gasteiger partial charge in [-0.15, -0.1) is 11.8 Å². The van der Waals surface area contributed by atoms with E-state index in [0.717, 1.165) is 50.3 Å². The first-order valence-electron chi connectivity index (χ1n) is 25.5. The van der Waals surface area contributed by atoms with E-state index >= 15 is 0 Å². The van der Waals surface area contributed by atoms with Gasteiger partial charge in [0.05, 0.1) is 70.2 Å². The molecule has 1 aromatic carbocycles. The molecule has 4 atom stereocenters. The van der Waals surface area contributed by atoms with Gasteiger partial charge in [0.25, 0.3) is 0 Å². The monoisotopic (exact) mass is 1120 g/mol. The number of benzene rings is 1. The number of aliphatic carboxylic acids is 3. The lowest BCUT2D eigenvalue weighted by molar-refractivity contribution is -0.143. The number of aromatic carboxylic acids is 1. The summed E-state index contributed by atoms with van der Waals surface area (Å²) in [5.41, 5.74) is 0.202. The van der Waals surface area contributed by atoms with Crippen LogP contribution in [-0.2, 0) is 62.1 Å². The molecule has 0 aliphatic rings. The predicted molar refractivity (Wildman–Crippen MR) is 277 cm³/mol. The summed E-state index contributed by atoms with van der Waals surface area (Å²) in [4.78, 5) is 119. The van der Waals surface area contributed by atoms with E-state index in [9.17, 15) is 58.2 Å². The number of carboxylic acids is 4. The van der Waals surface area contributed by atoms with E-state index in [4.69, 9.17) is 39.0 Å². The van der Waals surface area contributed by atoms with E-state index < -0.39 is 84.9 Å². The highest BCUT2D eigenvalue weighted by Gasteiger charge is 2.25. The predicted octanol–water partition coefficient (Wildman–Crippen LogP) is -0.728. The van der Waals surface area contributed by atoms with Crippen LogP contribution in [0.15, 0.2) is 24.3 Å². The van der Waals surface area contributed by atoms with Gasteiger partial charge in [-0.05, 0) is 69.8 Å². The van der Waals surface area contributed by atoms with Crippen LogP contribution in [0.2, 0.25) is 0 Å². The molecule has 0 heterocycles. The van der Waals surface area contributed by atoms with Crippen LogP contribution in [0.1, 0.15) is 93.8 Å². The average molecular weight is 1120 g/mol. The van der Waals surface area contributed by atoms with Gasteiger partial charge in [-0.1, -0.05) is 32.1 Å². The Balaban J connectivity index is 2.01. The Bertz CT molecular complexity index is 1930. The van der Waals surface area contributed by atoms with Crippen LogP contribution in [-0.4, -0.2) is 213 Å². The van der Waals surface area contributed by atoms with E-state index in [1.54, 1.807) is 12.1 Å². The van der Waals surface area contributed by atoms with Crippen LogP contribution in [0.4, 0.5) is 0 Å². The maximum atomic E-state index is 12.4. The van der Waals surface area contributed by atoms with Crippen molar-refractivity contribution in [3.05, 3.63) is 29.8 Å². The summed E-state index contributed by atoms with van der Waals surface area (Å²) < 4.78 is 26.9. The highest BCUT2D eigenvalue weighted by molar-refractivity contribution is 8.00. The summed E-state index contributed by atoms with van der Waals surface area (Å²) in [6, 6.07) is 1.63. The number of amides is 6. The minimum atomic E-state index is -1.45. The maximum Gasteiger partial charge on any atom is 0.335 e. The molecule has 0 aromatic heterocycles. The van der Waals surface area contributed by atoms with Crippen LogP contribution in [0, 0.1) is 0 Å². The molecule has 1 aromatic rings. The zero-order valence-electron chi connectivity index (χ0n) is 43.7. The van der Waals surface area contributed by atoms with Crippen molar-refractivity contribution in [2.75, 3.05) is 104 Å². The minimum Gasteiger partial charge on any atom is -0.494 e. The summed E-state index contributed by atoms with van der Waals surface area (Å²) in [6.07, 6.45) is 7.06. The number of hydrogen-bond donors (Lipinski definition) is 12. The Morgan fingerprint density at radius 3 is 1.61 bits per heavy atom. The van der Waals surface area contributed by atoms with Gasteiger partial charge in [0, 0.05) is 38.2 Å². The Kier molecular flexibility index (Phi) is 39.2. The van der Waals surface area contributed by atoms with Gasteiger partial charge in [-0.3, -0.25) is 28.8 Å². The molecule has 27 nitrogen and oxygen atoms in total. The number of carboxylic acid groups (broad SMARTS) is 4. The number of aliphatic hydroxyl groups excluding tert-OH is 1. The molecule has 28 heteroatoms. The standard InChI is InChI=1S/C49H79N7O20S/c1-50-39(45(63)56-38(29-57)49(70)71)32-77-33-44(62)51-19-9-8-11-36(47(66)67)55-43(61)31-75-28-26-73-24-21-53-42(60)30-74-27-25-72-23-20-52-40(58)18-17-37(48(68)69)54-41(59)12-7-5-3-2-4-6-10-22-76-35-15-13-34(14-16-35)46(64)65/h13-16,36-39,50,57H,2-12,17-33H2,1H3,(H,51,62)(H,52,58)(H,53,60)(H,54,59)(H,55,61)(H,56,63)(H,64,65)(H,66,67)(H,68,69)(H,70,71)/t36-,37+,38-,39-/m0/s1. The largest absolute Gasteiger partial charge is 0.494 e. The molecule has 0 radical (unpaired) electrons. The Morgan fingerprint density at radius 1 is 0.494 bits per heavy atom. The highest BCUT2D eigenvalue weighted by atomic mass is 32.2. The Morgan fingerprint density at radius 2 is 1.03 bits per heavy atom. The molecular weight excluding hydrogens is 1040 g/mol. The second-order valence-electron chi connectivity index (χ2n) is 17.2. The number of thioether (sulfide) groups is 1. The molecule has 0 saturated heterocycles. The van der Waals surface area contributed by atoms with Crippen molar-refractivity contribution in [1.29, 1.82) is 0 Å². The fourth-order valence-corrected chi connectivity index (χ4v) is 7.61. The lowest BCUT2D eigenvalue weighted by Gasteiger charge is -2.18. The molecule has 0 unspecified atom stereocenters. The van der Waals surface area contributed by atoms with E-state index in [1.165, 1.54) is 19.2 Å². The molecular formula is C49H79N7O20S. The van der Waals surface area contributed by atoms with Crippen molar-refractivity contribution in [3.8, 4) is 5.75 Å². The van der Waals surface area contributed by atoms with Crippen LogP contribution in [0.3, 0.4) is 0 Å². The molecule has 0 bridgehead atoms. The van der Waals surface area contributed by atoms with Gasteiger partial charge in [0.15, 0.2) is 0 Å². The first-order valence-corrected chi connectivity index (χ1v) is 26.6. The first-order chi connectivity index (χ1) is 37.0. The van der Waals surface area contributed by atoms with Crippen LogP contribution < -0.4 is 42.0 Å². The number of carbonyl (C=O) groups excluding carboxylic acids is 6. The van der Waals surface area contributed by atoms with E-state index in [1.807, 2.05) is 0 Å². The molecule has 1 rings (SSSR count). The topological polar surface area (TPSA) is 402 Å². The number of rotatable bonds is 49. The van der Waals surface area contributed by atoms with Crippen molar-refractivity contribution in [2.24, 2.45) is 0 Å². The number of likely N-dealkylation sites (N-methyl/N-ethyl adjacent to an activating group) is 1. The zero-order valence-corrected chi connectivity index (χ0v) is 44.5. The fraction of sp³-hybridized carbons (Fsp3) is 0.673. The molecule has 6 amide bonds. The molecule has 12 N–H and O–H groups in total. The number of aliphatic hydroxyl groups is 1. The summed E-state index contributed by atoms with van der Waals surface area (Å²) >= 11 is 1.13. The second kappa shape index (κ2) is 43.9. The molecule has 0 spiro atoms. The van der Waals surface area contributed by atoms with Crippen molar-refractivity contribution >= 4 is 71.1 Å². The van der Waals surface area contributed by atoms with E-state index in [2.05, 4.69) is 37.2 Å². The van der Waals surface area contributed by atoms with Gasteiger partial charge in [-0.2, -0.15) is 0 Å². The first kappa shape index (κ1) is 68.8. The van der Waals surface area contributed by atoms with Gasteiger partial charge in [-0.25, -0.2) is 19.2 Å². The summed E-state index contributed by atoms with van der Waals surface area (Å²) in [7, 11) is 1.49. The minimum absolute atomic E-state index is 0.00723. The number of hydrogen-bond acceptors (Lipinski definition) is 18. The van der Waals surface area contributed by atoms with Crippen LogP contribution in [0.25, 0.3) is 0 Å². The lowest BCUT2D eigenvalue weighted by Crippen LogP contribution is -2.51. The average Bonchev–Trinajstić information content (AvgIpc) is 3.39. The second-order valence-corrected chi connectivity index (χ2v) is 18.2. The molecule has 0 aliphatic heterocycles. The quantitative estimate of drug-likeness (QED) is 0.0358. The number of nitrogens with one attached hydrogen (secondary N) is 7. The highest BCUT2D eigenvalue weighted by Crippen LogP contribution is 2.14. The Hall–Kier alpha value is -6.17. The maximum absolute atomic E-state index is 12.4. The van der Waals surface area contributed by atoms with Crippen LogP contribution in [0.5, 0.6) is 5.75 Å². The van der Waals surface area contributed by atoms with Gasteiger partial charge in [0.1, 0.15) is 37.1 Å². The lowest BCUT2D eigenvalue weighted by atomic mass is 10.1. The van der Waals surface area contributed by atoms with Gasteiger partial charge in [0.2, 0.25) is 35.4 Å². The number of ether oxygens (including phenoxy) is 5. The SMILES string of the molecule is CN[C@@H](CSCC(=O)NCCCC[C@H](NC(=O)COCCOCCNC(=O)COCCOCCNC(=O)CC[C@@H](NC(=O)CCCCCCCCCOc1ccc(C(=O)O)cc1)C(=O)O)C(=O)O)C(=O)N[C@@H](CO)C(=O)O. The van der Waals surface area contributed by atoms with E-state index in [-0.39, 0.29) is 120 Å². The molecule has 77 heavy (non-hydrogen) atoms. The van der Waals surface area contributed by atoms with Crippen molar-refractivity contribution in [3.63, 3.8) is 0 Å². The summed E-state index contributed by atoms with van der Waals surface area (Å²) in [6.45, 7) is 0.315. The third kappa shape index (κ3) is 36.5. The third-order valence-corrected chi connectivity index (χ3v) is 11.9. The molecule has 0 saturated carbocycles. The smallest absolute Gasteiger partial charge is 0.335 e. The van der Waals surface area contributed by atoms with Crippen molar-refractivity contribution in [2.45, 2.75) is 108 Å². The van der Waals surface area contributed by atoms with Gasteiger partial charge < -0.3 is 86.4 Å². The zero-order chi connectivity index (χ0) is 57.1. The van der Waals surface area contributed by atoms with Crippen molar-refractivity contribution in [1.82, 2.24) is 37.2 Å². The van der Waals surface area contributed by atoms with Crippen molar-refractivity contribution < 1.29 is 97.2 Å². The van der Waals surface area contributed by atoms with Gasteiger partial charge >= 0.3 is 23.9 Å². The number of unbranched alkanes of at least 4 members (excludes halogenated alkanes) is 7. The van der Waals surface area contributed by atoms with E-state index in [0.29, 0.717) is 31.6 Å². The molecule has 0 fully saturated rings. The molecule has 0 aliphatic carbocycles.